The Bertz CT molecular complexity index is 284. The molecule has 2 atom stereocenters. The number of ketones is 1. The molecule has 6 nitrogen and oxygen atoms in total. The molecule has 0 aromatic heterocycles. The van der Waals surface area contributed by atoms with E-state index in [0.29, 0.717) is 0 Å². The quantitative estimate of drug-likeness (QED) is 0.375. The summed E-state index contributed by atoms with van der Waals surface area (Å²) in [4.78, 5) is 33.8. The van der Waals surface area contributed by atoms with Crippen molar-refractivity contribution in [2.24, 2.45) is 5.92 Å². The van der Waals surface area contributed by atoms with E-state index >= 15 is 0 Å². The van der Waals surface area contributed by atoms with Gasteiger partial charge in [-0.05, 0) is 13.3 Å². The number of ether oxygens (including phenoxy) is 3. The van der Waals surface area contributed by atoms with Gasteiger partial charge in [-0.3, -0.25) is 9.59 Å². The summed E-state index contributed by atoms with van der Waals surface area (Å²) in [6, 6.07) is 0. The maximum Gasteiger partial charge on any atom is 0.380 e. The molecule has 84 valence electrons. The van der Waals surface area contributed by atoms with E-state index in [-0.39, 0.29) is 13.0 Å². The highest BCUT2D eigenvalue weighted by Gasteiger charge is 2.39. The van der Waals surface area contributed by atoms with E-state index < -0.39 is 30.1 Å². The zero-order valence-electron chi connectivity index (χ0n) is 8.52. The molecular weight excluding hydrogens is 204 g/mol. The van der Waals surface area contributed by atoms with E-state index in [1.54, 1.807) is 13.8 Å². The van der Waals surface area contributed by atoms with Crippen LogP contribution in [-0.4, -0.2) is 30.8 Å². The number of hydrogen-bond donors (Lipinski definition) is 0. The molecule has 0 N–H and O–H groups in total. The number of esters is 2. The monoisotopic (exact) mass is 216 g/mol. The number of carbonyl (C=O) groups excluding carboxylic acids is 3. The Kier molecular flexibility index (Phi) is 3.79. The Hall–Kier alpha value is -1.43. The van der Waals surface area contributed by atoms with Crippen LogP contribution >= 0.6 is 0 Å². The predicted octanol–water partition coefficient (Wildman–Crippen LogP) is 0.00180. The standard InChI is InChI=1S/C9H12O6/c1-3-5-6(10)8(12)15-9(13-4-2)14-7(5)11/h5,9H,3-4H2,1-2H3. The van der Waals surface area contributed by atoms with E-state index in [0.717, 1.165) is 0 Å². The first-order valence-corrected chi connectivity index (χ1v) is 4.67. The van der Waals surface area contributed by atoms with Crippen molar-refractivity contribution >= 4 is 17.7 Å². The smallest absolute Gasteiger partial charge is 0.380 e. The highest BCUT2D eigenvalue weighted by molar-refractivity contribution is 6.38. The van der Waals surface area contributed by atoms with Crippen molar-refractivity contribution in [1.82, 2.24) is 0 Å². The van der Waals surface area contributed by atoms with Crippen LogP contribution in [0.2, 0.25) is 0 Å². The van der Waals surface area contributed by atoms with Gasteiger partial charge in [0.25, 0.3) is 5.78 Å². The predicted molar refractivity (Wildman–Crippen MR) is 46.4 cm³/mol. The molecule has 0 bridgehead atoms. The number of hydrogen-bond acceptors (Lipinski definition) is 6. The number of cyclic esters (lactones) is 2. The second-order valence-electron chi connectivity index (χ2n) is 2.91. The van der Waals surface area contributed by atoms with Crippen LogP contribution in [0, 0.1) is 5.92 Å². The first-order chi connectivity index (χ1) is 7.10. The lowest BCUT2D eigenvalue weighted by molar-refractivity contribution is -0.259. The lowest BCUT2D eigenvalue weighted by Crippen LogP contribution is -2.27. The van der Waals surface area contributed by atoms with Crippen LogP contribution in [0.5, 0.6) is 0 Å². The summed E-state index contributed by atoms with van der Waals surface area (Å²) >= 11 is 0. The van der Waals surface area contributed by atoms with Crippen molar-refractivity contribution in [2.45, 2.75) is 26.7 Å². The molecule has 1 rings (SSSR count). The molecule has 1 aliphatic rings. The zero-order chi connectivity index (χ0) is 11.4. The molecular formula is C9H12O6. The summed E-state index contributed by atoms with van der Waals surface area (Å²) in [5.41, 5.74) is 0. The van der Waals surface area contributed by atoms with Gasteiger partial charge in [-0.2, -0.15) is 0 Å². The molecule has 1 aliphatic heterocycles. The van der Waals surface area contributed by atoms with Crippen molar-refractivity contribution < 1.29 is 28.6 Å². The Labute approximate surface area is 86.5 Å². The van der Waals surface area contributed by atoms with E-state index in [9.17, 15) is 14.4 Å². The molecule has 1 fully saturated rings. The SMILES string of the molecule is CCOC1OC(=O)C(=O)C(CC)C(=O)O1. The van der Waals surface area contributed by atoms with Crippen molar-refractivity contribution in [3.8, 4) is 0 Å². The topological polar surface area (TPSA) is 78.9 Å². The van der Waals surface area contributed by atoms with Crippen LogP contribution in [0.3, 0.4) is 0 Å². The van der Waals surface area contributed by atoms with Gasteiger partial charge in [-0.25, -0.2) is 4.79 Å². The molecule has 0 spiro atoms. The molecule has 0 saturated carbocycles. The van der Waals surface area contributed by atoms with Crippen LogP contribution < -0.4 is 0 Å². The van der Waals surface area contributed by atoms with Gasteiger partial charge in [-0.15, -0.1) is 0 Å². The van der Waals surface area contributed by atoms with Gasteiger partial charge in [0.05, 0.1) is 6.61 Å². The summed E-state index contributed by atoms with van der Waals surface area (Å²) in [7, 11) is 0. The molecule has 1 saturated heterocycles. The highest BCUT2D eigenvalue weighted by atomic mass is 16.9. The summed E-state index contributed by atoms with van der Waals surface area (Å²) in [6.45, 7) is 2.05. The lowest BCUT2D eigenvalue weighted by Gasteiger charge is -2.13. The third-order valence-corrected chi connectivity index (χ3v) is 1.93. The molecule has 0 amide bonds. The van der Waals surface area contributed by atoms with Gasteiger partial charge in [-0.1, -0.05) is 6.92 Å². The normalized spacial score (nSPS) is 26.9. The van der Waals surface area contributed by atoms with Crippen molar-refractivity contribution in [3.63, 3.8) is 0 Å². The van der Waals surface area contributed by atoms with Crippen molar-refractivity contribution in [3.05, 3.63) is 0 Å². The average Bonchev–Trinajstić information content (AvgIpc) is 2.26. The van der Waals surface area contributed by atoms with E-state index in [4.69, 9.17) is 4.74 Å². The van der Waals surface area contributed by atoms with Gasteiger partial charge in [0, 0.05) is 0 Å². The van der Waals surface area contributed by atoms with Crippen molar-refractivity contribution in [2.75, 3.05) is 6.61 Å². The molecule has 15 heavy (non-hydrogen) atoms. The molecule has 6 heteroatoms. The molecule has 1 heterocycles. The summed E-state index contributed by atoms with van der Waals surface area (Å²) < 4.78 is 14.0. The molecule has 2 unspecified atom stereocenters. The third kappa shape index (κ3) is 2.53. The van der Waals surface area contributed by atoms with Gasteiger partial charge in [0.15, 0.2) is 0 Å². The summed E-state index contributed by atoms with van der Waals surface area (Å²) in [5.74, 6) is -3.84. The molecule has 0 aromatic carbocycles. The van der Waals surface area contributed by atoms with Crippen LogP contribution in [-0.2, 0) is 28.6 Å². The van der Waals surface area contributed by atoms with Crippen LogP contribution in [0.1, 0.15) is 20.3 Å². The van der Waals surface area contributed by atoms with E-state index in [2.05, 4.69) is 9.47 Å². The molecule has 0 radical (unpaired) electrons. The maximum absolute atomic E-state index is 11.3. The van der Waals surface area contributed by atoms with Crippen LogP contribution in [0.25, 0.3) is 0 Å². The highest BCUT2D eigenvalue weighted by Crippen LogP contribution is 2.15. The first-order valence-electron chi connectivity index (χ1n) is 4.67. The Morgan fingerprint density at radius 3 is 2.40 bits per heavy atom. The summed E-state index contributed by atoms with van der Waals surface area (Å²) in [5, 5.41) is 0. The lowest BCUT2D eigenvalue weighted by atomic mass is 10.0. The van der Waals surface area contributed by atoms with Gasteiger partial charge in [0.1, 0.15) is 5.92 Å². The fraction of sp³-hybridized carbons (Fsp3) is 0.667. The van der Waals surface area contributed by atoms with Crippen molar-refractivity contribution in [1.29, 1.82) is 0 Å². The number of carbonyl (C=O) groups is 3. The minimum atomic E-state index is -1.41. The second kappa shape index (κ2) is 4.88. The molecule has 0 aliphatic carbocycles. The fourth-order valence-corrected chi connectivity index (χ4v) is 1.15. The third-order valence-electron chi connectivity index (χ3n) is 1.93. The molecule has 0 aromatic rings. The second-order valence-corrected chi connectivity index (χ2v) is 2.91. The van der Waals surface area contributed by atoms with E-state index in [1.807, 2.05) is 0 Å². The maximum atomic E-state index is 11.3. The number of Topliss-reactive ketones (excluding diaryl/α,β-unsaturated/α-hetero) is 1. The van der Waals surface area contributed by atoms with Crippen LogP contribution in [0.15, 0.2) is 0 Å². The van der Waals surface area contributed by atoms with E-state index in [1.165, 1.54) is 0 Å². The Morgan fingerprint density at radius 1 is 1.20 bits per heavy atom. The Morgan fingerprint density at radius 2 is 1.87 bits per heavy atom. The van der Waals surface area contributed by atoms with Gasteiger partial charge in [0.2, 0.25) is 0 Å². The fourth-order valence-electron chi connectivity index (χ4n) is 1.15. The Balaban J connectivity index is 2.81. The number of rotatable bonds is 3. The summed E-state index contributed by atoms with van der Waals surface area (Å²) in [6.07, 6.45) is 0.200. The van der Waals surface area contributed by atoms with Gasteiger partial charge >= 0.3 is 18.4 Å². The largest absolute Gasteiger partial charge is 0.400 e. The van der Waals surface area contributed by atoms with Gasteiger partial charge < -0.3 is 14.2 Å². The minimum Gasteiger partial charge on any atom is -0.400 e. The van der Waals surface area contributed by atoms with Crippen LogP contribution in [0.4, 0.5) is 0 Å². The minimum absolute atomic E-state index is 0.200. The zero-order valence-corrected chi connectivity index (χ0v) is 8.52. The first kappa shape index (κ1) is 11.6. The average molecular weight is 216 g/mol.